The summed E-state index contributed by atoms with van der Waals surface area (Å²) >= 11 is 19.6. The van der Waals surface area contributed by atoms with Gasteiger partial charge in [0.15, 0.2) is 6.61 Å². The van der Waals surface area contributed by atoms with Crippen LogP contribution in [0.1, 0.15) is 34.3 Å². The van der Waals surface area contributed by atoms with Crippen molar-refractivity contribution in [2.24, 2.45) is 5.16 Å². The zero-order valence-corrected chi connectivity index (χ0v) is 22.2. The fourth-order valence-corrected chi connectivity index (χ4v) is 4.23. The number of amides is 2. The van der Waals surface area contributed by atoms with Gasteiger partial charge in [-0.05, 0) is 48.4 Å². The zero-order valence-electron chi connectivity index (χ0n) is 19.1. The van der Waals surface area contributed by atoms with Gasteiger partial charge in [0.1, 0.15) is 5.51 Å². The van der Waals surface area contributed by atoms with Crippen LogP contribution in [0.4, 0.5) is 5.13 Å². The van der Waals surface area contributed by atoms with Gasteiger partial charge in [0.2, 0.25) is 5.13 Å². The molecule has 1 atom stereocenters. The summed E-state index contributed by atoms with van der Waals surface area (Å²) in [6.07, 6.45) is 0. The van der Waals surface area contributed by atoms with Gasteiger partial charge >= 0.3 is 0 Å². The molecule has 12 heteroatoms. The number of hydrogen-bond donors (Lipinski definition) is 1. The van der Waals surface area contributed by atoms with Crippen LogP contribution in [-0.4, -0.2) is 52.8 Å². The summed E-state index contributed by atoms with van der Waals surface area (Å²) in [6.45, 7) is 3.54. The molecule has 0 fully saturated rings. The van der Waals surface area contributed by atoms with Crippen molar-refractivity contribution in [1.82, 2.24) is 15.1 Å². The first-order valence-electron chi connectivity index (χ1n) is 10.4. The van der Waals surface area contributed by atoms with Crippen LogP contribution in [0.5, 0.6) is 0 Å². The standard InChI is InChI=1S/C23H22Cl3N5O3S/c1-13-6-16(8-17(24)7-13)22(33)31(3)10-20(14(2)15-4-5-18(25)19(26)9-15)30-34-11-21(32)28-23-29-27-12-35-23/h4-9,12,14H,10-11H2,1-3H3,(H,28,29,32)/b30-20-. The molecular weight excluding hydrogens is 533 g/mol. The van der Waals surface area contributed by atoms with E-state index in [1.165, 1.54) is 21.7 Å². The number of rotatable bonds is 9. The third kappa shape index (κ3) is 7.63. The third-order valence-electron chi connectivity index (χ3n) is 4.96. The van der Waals surface area contributed by atoms with Crippen molar-refractivity contribution >= 4 is 68.8 Å². The normalized spacial score (nSPS) is 12.2. The van der Waals surface area contributed by atoms with Crippen LogP contribution >= 0.6 is 46.1 Å². The number of halogens is 3. The Morgan fingerprint density at radius 3 is 2.60 bits per heavy atom. The molecule has 2 aromatic carbocycles. The van der Waals surface area contributed by atoms with Gasteiger partial charge in [-0.3, -0.25) is 14.9 Å². The molecule has 1 aromatic heterocycles. The molecule has 1 N–H and O–H groups in total. The highest BCUT2D eigenvalue weighted by molar-refractivity contribution is 7.13. The summed E-state index contributed by atoms with van der Waals surface area (Å²) in [5.74, 6) is -0.975. The highest BCUT2D eigenvalue weighted by Gasteiger charge is 2.21. The number of nitrogens with one attached hydrogen (secondary N) is 1. The average molecular weight is 555 g/mol. The fraction of sp³-hybridized carbons (Fsp3) is 0.261. The smallest absolute Gasteiger partial charge is 0.266 e. The Kier molecular flexibility index (Phi) is 9.45. The Morgan fingerprint density at radius 1 is 1.17 bits per heavy atom. The molecule has 1 heterocycles. The molecule has 0 aliphatic rings. The molecule has 0 spiro atoms. The van der Waals surface area contributed by atoms with Crippen LogP contribution in [0.3, 0.4) is 0 Å². The van der Waals surface area contributed by atoms with Gasteiger partial charge in [-0.1, -0.05) is 64.3 Å². The Labute approximate surface area is 221 Å². The van der Waals surface area contributed by atoms with Gasteiger partial charge < -0.3 is 9.74 Å². The fourth-order valence-electron chi connectivity index (χ4n) is 3.17. The molecule has 2 amide bonds. The van der Waals surface area contributed by atoms with E-state index in [9.17, 15) is 9.59 Å². The lowest BCUT2D eigenvalue weighted by molar-refractivity contribution is -0.120. The minimum atomic E-state index is -0.439. The zero-order chi connectivity index (χ0) is 25.5. The molecular formula is C23H22Cl3N5O3S. The molecule has 0 radical (unpaired) electrons. The van der Waals surface area contributed by atoms with E-state index in [2.05, 4.69) is 20.7 Å². The summed E-state index contributed by atoms with van der Waals surface area (Å²) in [4.78, 5) is 32.0. The topological polar surface area (TPSA) is 96.8 Å². The number of carbonyl (C=O) groups excluding carboxylic acids is 2. The predicted molar refractivity (Wildman–Crippen MR) is 140 cm³/mol. The monoisotopic (exact) mass is 553 g/mol. The maximum absolute atomic E-state index is 13.1. The molecule has 0 aliphatic heterocycles. The average Bonchev–Trinajstić information content (AvgIpc) is 3.31. The largest absolute Gasteiger partial charge is 0.386 e. The summed E-state index contributed by atoms with van der Waals surface area (Å²) in [5.41, 5.74) is 4.15. The second-order valence-electron chi connectivity index (χ2n) is 7.72. The van der Waals surface area contributed by atoms with E-state index in [0.717, 1.165) is 11.1 Å². The van der Waals surface area contributed by atoms with E-state index in [1.54, 1.807) is 37.4 Å². The van der Waals surface area contributed by atoms with E-state index >= 15 is 0 Å². The summed E-state index contributed by atoms with van der Waals surface area (Å²) in [5, 5.41) is 15.8. The maximum atomic E-state index is 13.1. The predicted octanol–water partition coefficient (Wildman–Crippen LogP) is 5.69. The van der Waals surface area contributed by atoms with Crippen molar-refractivity contribution in [3.8, 4) is 0 Å². The summed E-state index contributed by atoms with van der Waals surface area (Å²) in [6, 6.07) is 10.4. The van der Waals surface area contributed by atoms with Crippen LogP contribution in [0.25, 0.3) is 0 Å². The van der Waals surface area contributed by atoms with Crippen molar-refractivity contribution < 1.29 is 14.4 Å². The number of hydrogen-bond acceptors (Lipinski definition) is 7. The molecule has 35 heavy (non-hydrogen) atoms. The summed E-state index contributed by atoms with van der Waals surface area (Å²) in [7, 11) is 1.65. The molecule has 1 unspecified atom stereocenters. The molecule has 3 rings (SSSR count). The number of aryl methyl sites for hydroxylation is 1. The van der Waals surface area contributed by atoms with E-state index in [1.807, 2.05) is 19.9 Å². The van der Waals surface area contributed by atoms with Gasteiger partial charge in [0.05, 0.1) is 22.3 Å². The maximum Gasteiger partial charge on any atom is 0.266 e. The van der Waals surface area contributed by atoms with E-state index in [-0.39, 0.29) is 25.0 Å². The molecule has 3 aromatic rings. The Balaban J connectivity index is 1.78. The van der Waals surface area contributed by atoms with Gasteiger partial charge in [0, 0.05) is 23.6 Å². The molecule has 0 saturated heterocycles. The second-order valence-corrected chi connectivity index (χ2v) is 9.81. The summed E-state index contributed by atoms with van der Waals surface area (Å²) < 4.78 is 0. The second kappa shape index (κ2) is 12.3. The number of aromatic nitrogens is 2. The SMILES string of the molecule is Cc1cc(Cl)cc(C(=O)N(C)C/C(=N/OCC(=O)Nc2nncs2)C(C)c2ccc(Cl)c(Cl)c2)c1. The third-order valence-corrected chi connectivity index (χ3v) is 6.53. The minimum absolute atomic E-state index is 0.129. The number of carbonyl (C=O) groups is 2. The number of anilines is 1. The van der Waals surface area contributed by atoms with Crippen molar-refractivity contribution in [3.63, 3.8) is 0 Å². The van der Waals surface area contributed by atoms with Crippen LogP contribution in [0.2, 0.25) is 15.1 Å². The molecule has 0 saturated carbocycles. The lowest BCUT2D eigenvalue weighted by Crippen LogP contribution is -2.34. The van der Waals surface area contributed by atoms with Crippen molar-refractivity contribution in [1.29, 1.82) is 0 Å². The highest BCUT2D eigenvalue weighted by atomic mass is 35.5. The molecule has 184 valence electrons. The Hall–Kier alpha value is -2.72. The lowest BCUT2D eigenvalue weighted by Gasteiger charge is -2.22. The van der Waals surface area contributed by atoms with Gasteiger partial charge in [-0.2, -0.15) is 0 Å². The first-order chi connectivity index (χ1) is 16.6. The quantitative estimate of drug-likeness (QED) is 0.271. The van der Waals surface area contributed by atoms with Gasteiger partial charge in [-0.15, -0.1) is 10.2 Å². The van der Waals surface area contributed by atoms with E-state index in [0.29, 0.717) is 31.5 Å². The first kappa shape index (κ1) is 26.9. The minimum Gasteiger partial charge on any atom is -0.386 e. The molecule has 8 nitrogen and oxygen atoms in total. The number of nitrogens with zero attached hydrogens (tertiary/aromatic N) is 4. The van der Waals surface area contributed by atoms with Crippen LogP contribution in [-0.2, 0) is 9.63 Å². The van der Waals surface area contributed by atoms with Crippen LogP contribution in [0.15, 0.2) is 47.1 Å². The van der Waals surface area contributed by atoms with Gasteiger partial charge in [-0.25, -0.2) is 0 Å². The van der Waals surface area contributed by atoms with Crippen molar-refractivity contribution in [2.75, 3.05) is 25.5 Å². The van der Waals surface area contributed by atoms with Crippen molar-refractivity contribution in [2.45, 2.75) is 19.8 Å². The Morgan fingerprint density at radius 2 is 1.94 bits per heavy atom. The van der Waals surface area contributed by atoms with E-state index < -0.39 is 5.91 Å². The van der Waals surface area contributed by atoms with Crippen LogP contribution < -0.4 is 5.32 Å². The van der Waals surface area contributed by atoms with Gasteiger partial charge in [0.25, 0.3) is 11.8 Å². The first-order valence-corrected chi connectivity index (χ1v) is 12.4. The number of oxime groups is 1. The number of benzene rings is 2. The van der Waals surface area contributed by atoms with Crippen molar-refractivity contribution in [3.05, 3.63) is 73.7 Å². The molecule has 0 aliphatic carbocycles. The van der Waals surface area contributed by atoms with E-state index in [4.69, 9.17) is 39.6 Å². The Bertz CT molecular complexity index is 1220. The lowest BCUT2D eigenvalue weighted by atomic mass is 9.95. The highest BCUT2D eigenvalue weighted by Crippen LogP contribution is 2.27. The molecule has 0 bridgehead atoms. The van der Waals surface area contributed by atoms with Crippen LogP contribution in [0, 0.1) is 6.92 Å².